The predicted molar refractivity (Wildman–Crippen MR) is 164 cm³/mol. The Morgan fingerprint density at radius 3 is 2.18 bits per heavy atom. The molecule has 10 nitrogen and oxygen atoms in total. The number of piperidine rings is 1. The van der Waals surface area contributed by atoms with Crippen molar-refractivity contribution in [3.8, 4) is 11.5 Å². The molecule has 3 heterocycles. The van der Waals surface area contributed by atoms with Gasteiger partial charge in [0.25, 0.3) is 0 Å². The summed E-state index contributed by atoms with van der Waals surface area (Å²) >= 11 is 0. The van der Waals surface area contributed by atoms with Crippen molar-refractivity contribution in [2.24, 2.45) is 17.1 Å². The van der Waals surface area contributed by atoms with E-state index in [9.17, 15) is 18.8 Å². The lowest BCUT2D eigenvalue weighted by molar-refractivity contribution is -0.133. The van der Waals surface area contributed by atoms with Gasteiger partial charge in [0.05, 0.1) is 0 Å². The summed E-state index contributed by atoms with van der Waals surface area (Å²) in [6.45, 7) is 4.98. The van der Waals surface area contributed by atoms with Crippen LogP contribution in [0.4, 0.5) is 26.4 Å². The van der Waals surface area contributed by atoms with Crippen LogP contribution in [-0.2, 0) is 9.59 Å². The maximum atomic E-state index is 13.6. The topological polar surface area (TPSA) is 121 Å². The maximum absolute atomic E-state index is 13.6. The number of nitrogens with two attached hydrogens (primary N) is 1. The van der Waals surface area contributed by atoms with E-state index in [1.54, 1.807) is 42.6 Å². The van der Waals surface area contributed by atoms with Gasteiger partial charge in [-0.2, -0.15) is 0 Å². The van der Waals surface area contributed by atoms with Crippen LogP contribution in [-0.4, -0.2) is 65.4 Å². The van der Waals surface area contributed by atoms with Crippen molar-refractivity contribution in [2.75, 3.05) is 42.9 Å². The van der Waals surface area contributed by atoms with Gasteiger partial charge in [-0.1, -0.05) is 0 Å². The van der Waals surface area contributed by atoms with E-state index < -0.39 is 23.0 Å². The number of carbonyl (C=O) groups excluding carboxylic acids is 3. The van der Waals surface area contributed by atoms with Crippen LogP contribution in [0.5, 0.6) is 11.5 Å². The van der Waals surface area contributed by atoms with Gasteiger partial charge in [-0.3, -0.25) is 19.8 Å². The van der Waals surface area contributed by atoms with Crippen LogP contribution in [0.3, 0.4) is 0 Å². The fourth-order valence-electron chi connectivity index (χ4n) is 6.06. The molecule has 3 fully saturated rings. The Labute approximate surface area is 256 Å². The average molecular weight is 601 g/mol. The molecular weight excluding hydrogens is 563 g/mol. The highest BCUT2D eigenvalue weighted by atomic mass is 19.1. The monoisotopic (exact) mass is 600 g/mol. The number of nitrogens with one attached hydrogen (secondary N) is 1. The first kappa shape index (κ1) is 29.6. The maximum Gasteiger partial charge on any atom is 0.323 e. The number of pyridine rings is 1. The lowest BCUT2D eigenvalue weighted by atomic mass is 9.96. The number of primary amides is 1. The zero-order chi connectivity index (χ0) is 30.7. The van der Waals surface area contributed by atoms with E-state index in [2.05, 4.69) is 15.2 Å². The standard InChI is InChI=1S/C33H37FN6O4/c34-24-3-5-25(6-4-24)40(31(42)33(14-15-33)30(35)41)26-7-9-27(10-8-26)44-28-11-16-36-29(21-28)37-32(43)39-19-12-23(13-20-39)22-38-17-1-2-18-38/h3-11,16,21,23H,1-2,12-15,17-20,22H2,(H2,35,41)(H,36,37,43). The van der Waals surface area contributed by atoms with E-state index in [0.717, 1.165) is 32.5 Å². The molecule has 11 heteroatoms. The smallest absolute Gasteiger partial charge is 0.323 e. The summed E-state index contributed by atoms with van der Waals surface area (Å²) in [5, 5.41) is 2.89. The summed E-state index contributed by atoms with van der Waals surface area (Å²) in [5.74, 6) is 0.429. The van der Waals surface area contributed by atoms with Crippen molar-refractivity contribution < 1.29 is 23.5 Å². The van der Waals surface area contributed by atoms with Gasteiger partial charge in [0.1, 0.15) is 28.5 Å². The number of hydrogen-bond acceptors (Lipinski definition) is 6. The molecule has 0 spiro atoms. The summed E-state index contributed by atoms with van der Waals surface area (Å²) in [5.41, 5.74) is 5.22. The number of rotatable bonds is 9. The molecule has 1 aromatic heterocycles. The molecule has 0 radical (unpaired) electrons. The molecule has 0 bridgehead atoms. The summed E-state index contributed by atoms with van der Waals surface area (Å²) in [4.78, 5) is 48.6. The Morgan fingerprint density at radius 2 is 1.57 bits per heavy atom. The number of benzene rings is 2. The molecule has 3 aromatic rings. The molecule has 1 saturated carbocycles. The first-order chi connectivity index (χ1) is 21.3. The molecule has 44 heavy (non-hydrogen) atoms. The van der Waals surface area contributed by atoms with Crippen LogP contribution in [0.1, 0.15) is 38.5 Å². The number of hydrogen-bond donors (Lipinski definition) is 2. The van der Waals surface area contributed by atoms with E-state index in [4.69, 9.17) is 10.5 Å². The van der Waals surface area contributed by atoms with Crippen molar-refractivity contribution in [3.63, 3.8) is 0 Å². The van der Waals surface area contributed by atoms with Crippen molar-refractivity contribution in [1.29, 1.82) is 0 Å². The molecule has 230 valence electrons. The second-order valence-electron chi connectivity index (χ2n) is 11.9. The summed E-state index contributed by atoms with van der Waals surface area (Å²) in [7, 11) is 0. The molecule has 2 aliphatic heterocycles. The second kappa shape index (κ2) is 12.6. The molecular formula is C33H37FN6O4. The van der Waals surface area contributed by atoms with Crippen LogP contribution in [0.2, 0.25) is 0 Å². The Kier molecular flexibility index (Phi) is 8.47. The van der Waals surface area contributed by atoms with Gasteiger partial charge < -0.3 is 20.3 Å². The van der Waals surface area contributed by atoms with Crippen molar-refractivity contribution >= 4 is 35.0 Å². The first-order valence-corrected chi connectivity index (χ1v) is 15.2. The van der Waals surface area contributed by atoms with Crippen molar-refractivity contribution in [3.05, 3.63) is 72.7 Å². The molecule has 4 amide bonds. The molecule has 2 saturated heterocycles. The Bertz CT molecular complexity index is 1500. The van der Waals surface area contributed by atoms with Gasteiger partial charge in [-0.05, 0) is 112 Å². The molecule has 0 atom stereocenters. The Balaban J connectivity index is 1.09. The largest absolute Gasteiger partial charge is 0.457 e. The van der Waals surface area contributed by atoms with Gasteiger partial charge in [0.2, 0.25) is 11.8 Å². The lowest BCUT2D eigenvalue weighted by Gasteiger charge is -2.33. The second-order valence-corrected chi connectivity index (χ2v) is 11.9. The normalized spacial score (nSPS) is 18.1. The van der Waals surface area contributed by atoms with Crippen molar-refractivity contribution in [1.82, 2.24) is 14.8 Å². The number of likely N-dealkylation sites (tertiary alicyclic amines) is 2. The molecule has 6 rings (SSSR count). The first-order valence-electron chi connectivity index (χ1n) is 15.2. The zero-order valence-corrected chi connectivity index (χ0v) is 24.6. The minimum absolute atomic E-state index is 0.173. The van der Waals surface area contributed by atoms with Gasteiger partial charge in [-0.15, -0.1) is 0 Å². The fraction of sp³-hybridized carbons (Fsp3) is 0.394. The number of amides is 4. The molecule has 3 aliphatic rings. The molecule has 2 aromatic carbocycles. The Hall–Kier alpha value is -4.51. The minimum atomic E-state index is -1.26. The third kappa shape index (κ3) is 6.52. The van der Waals surface area contributed by atoms with Gasteiger partial charge in [-0.25, -0.2) is 14.2 Å². The van der Waals surface area contributed by atoms with E-state index in [-0.39, 0.29) is 6.03 Å². The summed E-state index contributed by atoms with van der Waals surface area (Å²) in [6.07, 6.45) is 6.90. The van der Waals surface area contributed by atoms with Gasteiger partial charge >= 0.3 is 6.03 Å². The van der Waals surface area contributed by atoms with Crippen LogP contribution in [0.25, 0.3) is 0 Å². The van der Waals surface area contributed by atoms with E-state index in [0.29, 0.717) is 47.5 Å². The number of halogens is 1. The highest BCUT2D eigenvalue weighted by molar-refractivity contribution is 6.16. The van der Waals surface area contributed by atoms with Crippen LogP contribution < -0.4 is 20.7 Å². The minimum Gasteiger partial charge on any atom is -0.457 e. The third-order valence-corrected chi connectivity index (χ3v) is 8.83. The van der Waals surface area contributed by atoms with Gasteiger partial charge in [0, 0.05) is 43.3 Å². The SMILES string of the molecule is NC(=O)C1(C(=O)N(c2ccc(F)cc2)c2ccc(Oc3ccnc(NC(=O)N4CCC(CN5CCCC5)CC4)c3)cc2)CC1. The molecule has 0 unspecified atom stereocenters. The highest BCUT2D eigenvalue weighted by Crippen LogP contribution is 2.49. The molecule has 1 aliphatic carbocycles. The number of aromatic nitrogens is 1. The van der Waals surface area contributed by atoms with Gasteiger partial charge in [0.15, 0.2) is 0 Å². The zero-order valence-electron chi connectivity index (χ0n) is 24.6. The number of ether oxygens (including phenoxy) is 1. The quantitative estimate of drug-likeness (QED) is 0.322. The van der Waals surface area contributed by atoms with Crippen molar-refractivity contribution in [2.45, 2.75) is 38.5 Å². The van der Waals surface area contributed by atoms with E-state index in [1.807, 2.05) is 4.90 Å². The summed E-state index contributed by atoms with van der Waals surface area (Å²) < 4.78 is 19.7. The summed E-state index contributed by atoms with van der Waals surface area (Å²) in [6, 6.07) is 15.4. The average Bonchev–Trinajstić information content (AvgIpc) is 3.70. The predicted octanol–water partition coefficient (Wildman–Crippen LogP) is 5.28. The van der Waals surface area contributed by atoms with Crippen LogP contribution >= 0.6 is 0 Å². The number of urea groups is 1. The Morgan fingerprint density at radius 1 is 0.932 bits per heavy atom. The number of nitrogens with zero attached hydrogens (tertiary/aromatic N) is 4. The molecule has 3 N–H and O–H groups in total. The third-order valence-electron chi connectivity index (χ3n) is 8.83. The highest BCUT2D eigenvalue weighted by Gasteiger charge is 2.57. The van der Waals surface area contributed by atoms with E-state index >= 15 is 0 Å². The van der Waals surface area contributed by atoms with Crippen LogP contribution in [0.15, 0.2) is 66.9 Å². The van der Waals surface area contributed by atoms with E-state index in [1.165, 1.54) is 55.1 Å². The fourth-order valence-corrected chi connectivity index (χ4v) is 6.06. The number of anilines is 3. The van der Waals surface area contributed by atoms with Crippen LogP contribution in [0, 0.1) is 17.2 Å². The lowest BCUT2D eigenvalue weighted by Crippen LogP contribution is -2.43. The number of carbonyl (C=O) groups is 3.